The van der Waals surface area contributed by atoms with Crippen LogP contribution in [-0.4, -0.2) is 60.5 Å². The molecule has 0 bridgehead atoms. The third-order valence-corrected chi connectivity index (χ3v) is 3.63. The summed E-state index contributed by atoms with van der Waals surface area (Å²) in [4.78, 5) is 2.44. The summed E-state index contributed by atoms with van der Waals surface area (Å²) in [5.74, 6) is 0. The smallest absolute Gasteiger partial charge is 0.0678 e. The summed E-state index contributed by atoms with van der Waals surface area (Å²) < 4.78 is 5.73. The van der Waals surface area contributed by atoms with E-state index in [9.17, 15) is 5.11 Å². The van der Waals surface area contributed by atoms with E-state index in [0.29, 0.717) is 12.2 Å². The summed E-state index contributed by atoms with van der Waals surface area (Å²) in [6.07, 6.45) is 2.71. The first-order valence-corrected chi connectivity index (χ1v) is 7.23. The summed E-state index contributed by atoms with van der Waals surface area (Å²) in [7, 11) is 0. The molecular formula is C14H30N2O2. The molecule has 108 valence electrons. The lowest BCUT2D eigenvalue weighted by Gasteiger charge is -2.38. The molecule has 3 atom stereocenters. The minimum Gasteiger partial charge on any atom is -0.394 e. The summed E-state index contributed by atoms with van der Waals surface area (Å²) in [6, 6.07) is 0. The Morgan fingerprint density at radius 2 is 1.94 bits per heavy atom. The lowest BCUT2D eigenvalue weighted by Crippen LogP contribution is -2.51. The van der Waals surface area contributed by atoms with Crippen LogP contribution in [0, 0.1) is 0 Å². The Balaban J connectivity index is 2.37. The molecule has 2 N–H and O–H groups in total. The number of hydrogen-bond donors (Lipinski definition) is 2. The number of nitrogens with one attached hydrogen (secondary N) is 1. The van der Waals surface area contributed by atoms with Crippen LogP contribution in [0.15, 0.2) is 0 Å². The molecule has 0 saturated carbocycles. The minimum absolute atomic E-state index is 0.152. The fourth-order valence-electron chi connectivity index (χ4n) is 2.52. The van der Waals surface area contributed by atoms with E-state index < -0.39 is 0 Å². The van der Waals surface area contributed by atoms with Crippen LogP contribution in [0.3, 0.4) is 0 Å². The van der Waals surface area contributed by atoms with Crippen molar-refractivity contribution in [3.63, 3.8) is 0 Å². The van der Waals surface area contributed by atoms with Gasteiger partial charge in [-0.15, -0.1) is 0 Å². The Bertz CT molecular complexity index is 228. The van der Waals surface area contributed by atoms with Gasteiger partial charge in [0.15, 0.2) is 0 Å². The van der Waals surface area contributed by atoms with Crippen LogP contribution in [0.4, 0.5) is 0 Å². The summed E-state index contributed by atoms with van der Waals surface area (Å²) in [5, 5.41) is 13.0. The van der Waals surface area contributed by atoms with E-state index in [4.69, 9.17) is 4.74 Å². The van der Waals surface area contributed by atoms with Crippen LogP contribution < -0.4 is 5.32 Å². The van der Waals surface area contributed by atoms with Gasteiger partial charge in [-0.3, -0.25) is 4.90 Å². The number of aliphatic hydroxyl groups excluding tert-OH is 1. The minimum atomic E-state index is -0.152. The molecular weight excluding hydrogens is 228 g/mol. The van der Waals surface area contributed by atoms with Crippen molar-refractivity contribution in [2.24, 2.45) is 0 Å². The average Bonchev–Trinajstić information content (AvgIpc) is 2.33. The molecule has 1 saturated heterocycles. The second-order valence-electron chi connectivity index (χ2n) is 5.91. The fraction of sp³-hybridized carbons (Fsp3) is 1.00. The van der Waals surface area contributed by atoms with Gasteiger partial charge < -0.3 is 15.2 Å². The standard InChI is InChI=1S/C14H30N2O2/c1-5-7-15-14(4,11-17)6-8-16-9-12(2)18-13(3)10-16/h12-13,15,17H,5-11H2,1-4H3/t12-,13+,14?. The number of ether oxygens (including phenoxy) is 1. The zero-order valence-corrected chi connectivity index (χ0v) is 12.4. The van der Waals surface area contributed by atoms with Crippen LogP contribution in [0.25, 0.3) is 0 Å². The predicted octanol–water partition coefficient (Wildman–Crippen LogP) is 1.24. The number of morpholine rings is 1. The second-order valence-corrected chi connectivity index (χ2v) is 5.91. The maximum Gasteiger partial charge on any atom is 0.0678 e. The molecule has 0 aromatic heterocycles. The van der Waals surface area contributed by atoms with E-state index >= 15 is 0 Å². The van der Waals surface area contributed by atoms with E-state index in [2.05, 4.69) is 37.9 Å². The number of nitrogens with zero attached hydrogens (tertiary/aromatic N) is 1. The highest BCUT2D eigenvalue weighted by Crippen LogP contribution is 2.15. The number of hydrogen-bond acceptors (Lipinski definition) is 4. The van der Waals surface area contributed by atoms with Crippen molar-refractivity contribution >= 4 is 0 Å². The molecule has 1 aliphatic heterocycles. The van der Waals surface area contributed by atoms with Crippen LogP contribution >= 0.6 is 0 Å². The predicted molar refractivity (Wildman–Crippen MR) is 74.9 cm³/mol. The monoisotopic (exact) mass is 258 g/mol. The van der Waals surface area contributed by atoms with Crippen LogP contribution in [0.2, 0.25) is 0 Å². The highest BCUT2D eigenvalue weighted by atomic mass is 16.5. The average molecular weight is 258 g/mol. The van der Waals surface area contributed by atoms with Crippen LogP contribution in [0.5, 0.6) is 0 Å². The first-order valence-electron chi connectivity index (χ1n) is 7.23. The van der Waals surface area contributed by atoms with Crippen molar-refractivity contribution in [3.05, 3.63) is 0 Å². The largest absolute Gasteiger partial charge is 0.394 e. The maximum atomic E-state index is 9.54. The van der Waals surface area contributed by atoms with Gasteiger partial charge in [0.25, 0.3) is 0 Å². The lowest BCUT2D eigenvalue weighted by atomic mass is 9.98. The zero-order valence-electron chi connectivity index (χ0n) is 12.4. The molecule has 1 unspecified atom stereocenters. The van der Waals surface area contributed by atoms with Crippen molar-refractivity contribution in [3.8, 4) is 0 Å². The van der Waals surface area contributed by atoms with E-state index in [0.717, 1.165) is 39.0 Å². The van der Waals surface area contributed by atoms with Crippen molar-refractivity contribution in [1.29, 1.82) is 0 Å². The van der Waals surface area contributed by atoms with Crippen molar-refractivity contribution in [1.82, 2.24) is 10.2 Å². The van der Waals surface area contributed by atoms with Crippen LogP contribution in [-0.2, 0) is 4.74 Å². The van der Waals surface area contributed by atoms with E-state index in [1.54, 1.807) is 0 Å². The Labute approximate surface area is 112 Å². The first kappa shape index (κ1) is 15.9. The molecule has 18 heavy (non-hydrogen) atoms. The van der Waals surface area contributed by atoms with Gasteiger partial charge in [-0.05, 0) is 40.2 Å². The van der Waals surface area contributed by atoms with Gasteiger partial charge >= 0.3 is 0 Å². The molecule has 0 amide bonds. The third-order valence-electron chi connectivity index (χ3n) is 3.63. The molecule has 1 fully saturated rings. The van der Waals surface area contributed by atoms with Crippen molar-refractivity contribution < 1.29 is 9.84 Å². The zero-order chi connectivity index (χ0) is 13.6. The van der Waals surface area contributed by atoms with E-state index in [1.165, 1.54) is 0 Å². The summed E-state index contributed by atoms with van der Waals surface area (Å²) in [6.45, 7) is 12.7. The second kappa shape index (κ2) is 7.43. The maximum absolute atomic E-state index is 9.54. The molecule has 1 aliphatic rings. The number of rotatable bonds is 7. The van der Waals surface area contributed by atoms with Gasteiger partial charge in [0.1, 0.15) is 0 Å². The van der Waals surface area contributed by atoms with Gasteiger partial charge in [-0.2, -0.15) is 0 Å². The molecule has 1 heterocycles. The SMILES string of the molecule is CCCNC(C)(CO)CCN1C[C@@H](C)O[C@@H](C)C1. The highest BCUT2D eigenvalue weighted by molar-refractivity contribution is 4.84. The van der Waals surface area contributed by atoms with Gasteiger partial charge in [0.05, 0.1) is 18.8 Å². The molecule has 0 aromatic carbocycles. The highest BCUT2D eigenvalue weighted by Gasteiger charge is 2.26. The van der Waals surface area contributed by atoms with Gasteiger partial charge in [-0.25, -0.2) is 0 Å². The Morgan fingerprint density at radius 3 is 2.44 bits per heavy atom. The van der Waals surface area contributed by atoms with Crippen molar-refractivity contribution in [2.75, 3.05) is 32.8 Å². The van der Waals surface area contributed by atoms with Crippen molar-refractivity contribution in [2.45, 2.75) is 58.3 Å². The molecule has 4 nitrogen and oxygen atoms in total. The molecule has 4 heteroatoms. The summed E-state index contributed by atoms with van der Waals surface area (Å²) in [5.41, 5.74) is -0.152. The number of aliphatic hydroxyl groups is 1. The van der Waals surface area contributed by atoms with Gasteiger partial charge in [-0.1, -0.05) is 6.92 Å². The quantitative estimate of drug-likeness (QED) is 0.721. The Morgan fingerprint density at radius 1 is 1.33 bits per heavy atom. The fourth-order valence-corrected chi connectivity index (χ4v) is 2.52. The van der Waals surface area contributed by atoms with Gasteiger partial charge in [0, 0.05) is 25.2 Å². The van der Waals surface area contributed by atoms with Gasteiger partial charge in [0.2, 0.25) is 0 Å². The summed E-state index contributed by atoms with van der Waals surface area (Å²) >= 11 is 0. The first-order chi connectivity index (χ1) is 8.49. The molecule has 1 rings (SSSR count). The third kappa shape index (κ3) is 5.22. The Hall–Kier alpha value is -0.160. The molecule has 0 aliphatic carbocycles. The van der Waals surface area contributed by atoms with E-state index in [-0.39, 0.29) is 12.1 Å². The lowest BCUT2D eigenvalue weighted by molar-refractivity contribution is -0.0699. The van der Waals surface area contributed by atoms with E-state index in [1.807, 2.05) is 0 Å². The van der Waals surface area contributed by atoms with Crippen LogP contribution in [0.1, 0.15) is 40.5 Å². The molecule has 0 spiro atoms. The molecule has 0 aromatic rings. The normalized spacial score (nSPS) is 29.2. The molecule has 0 radical (unpaired) electrons. The Kier molecular flexibility index (Phi) is 6.57. The topological polar surface area (TPSA) is 44.7 Å².